The Balaban J connectivity index is 1.44. The first-order valence-electron chi connectivity index (χ1n) is 9.19. The first-order valence-corrected chi connectivity index (χ1v) is 9.19. The Labute approximate surface area is 162 Å². The van der Waals surface area contributed by atoms with Crippen molar-refractivity contribution in [3.8, 4) is 11.6 Å². The van der Waals surface area contributed by atoms with Crippen LogP contribution in [0.3, 0.4) is 0 Å². The van der Waals surface area contributed by atoms with Crippen LogP contribution in [0.4, 0.5) is 0 Å². The number of furan rings is 2. The molecule has 144 valence electrons. The molecule has 0 atom stereocenters. The van der Waals surface area contributed by atoms with Crippen molar-refractivity contribution in [2.45, 2.75) is 26.9 Å². The average molecular weight is 378 g/mol. The Kier molecular flexibility index (Phi) is 5.09. The number of para-hydroxylation sites is 1. The lowest BCUT2D eigenvalue weighted by molar-refractivity contribution is 0.534. The van der Waals surface area contributed by atoms with Crippen LogP contribution in [-0.2, 0) is 13.1 Å². The maximum Gasteiger partial charge on any atom is 0.216 e. The molecule has 4 rings (SSSR count). The zero-order chi connectivity index (χ0) is 19.3. The summed E-state index contributed by atoms with van der Waals surface area (Å²) in [6.07, 6.45) is 1.59. The number of fused-ring (bicyclic) bond motifs is 1. The molecule has 0 amide bonds. The number of aliphatic imine (C=N–C) groups is 1. The van der Waals surface area contributed by atoms with E-state index in [4.69, 9.17) is 8.83 Å². The molecule has 0 bridgehead atoms. The Bertz CT molecular complexity index is 1080. The van der Waals surface area contributed by atoms with Gasteiger partial charge in [-0.2, -0.15) is 0 Å². The Morgan fingerprint density at radius 1 is 1.18 bits per heavy atom. The van der Waals surface area contributed by atoms with Gasteiger partial charge in [0.2, 0.25) is 5.82 Å². The van der Waals surface area contributed by atoms with Gasteiger partial charge in [0.05, 0.1) is 12.8 Å². The molecule has 0 fully saturated rings. The molecule has 3 heterocycles. The monoisotopic (exact) mass is 378 g/mol. The van der Waals surface area contributed by atoms with Crippen LogP contribution < -0.4 is 10.6 Å². The topological polar surface area (TPSA) is 104 Å². The molecule has 8 heteroatoms. The quantitative estimate of drug-likeness (QED) is 0.351. The van der Waals surface area contributed by atoms with Crippen LogP contribution in [0.1, 0.15) is 24.1 Å². The van der Waals surface area contributed by atoms with Crippen molar-refractivity contribution in [3.63, 3.8) is 0 Å². The number of benzene rings is 1. The summed E-state index contributed by atoms with van der Waals surface area (Å²) in [5.74, 6) is 3.37. The molecule has 0 aliphatic rings. The number of H-pyrrole nitrogens is 1. The molecule has 0 aliphatic carbocycles. The lowest BCUT2D eigenvalue weighted by Gasteiger charge is -2.10. The van der Waals surface area contributed by atoms with Crippen LogP contribution in [0.25, 0.3) is 22.6 Å². The molecule has 0 spiro atoms. The first-order chi connectivity index (χ1) is 13.7. The minimum absolute atomic E-state index is 0.363. The fraction of sp³-hybridized carbons (Fsp3) is 0.250. The maximum absolute atomic E-state index is 5.95. The second-order valence-electron chi connectivity index (χ2n) is 6.28. The summed E-state index contributed by atoms with van der Waals surface area (Å²) in [5, 5.41) is 14.7. The van der Waals surface area contributed by atoms with E-state index in [2.05, 4.69) is 43.8 Å². The van der Waals surface area contributed by atoms with Gasteiger partial charge < -0.3 is 19.5 Å². The minimum Gasteiger partial charge on any atom is -0.461 e. The van der Waals surface area contributed by atoms with Gasteiger partial charge in [0, 0.05) is 17.5 Å². The largest absolute Gasteiger partial charge is 0.461 e. The third kappa shape index (κ3) is 3.75. The second kappa shape index (κ2) is 7.99. The minimum atomic E-state index is 0.363. The van der Waals surface area contributed by atoms with Crippen molar-refractivity contribution >= 4 is 16.9 Å². The van der Waals surface area contributed by atoms with Crippen LogP contribution in [0.15, 0.2) is 56.5 Å². The van der Waals surface area contributed by atoms with E-state index in [1.165, 1.54) is 0 Å². The smallest absolute Gasteiger partial charge is 0.216 e. The summed E-state index contributed by atoms with van der Waals surface area (Å²) in [5.41, 5.74) is 2.03. The fourth-order valence-electron chi connectivity index (χ4n) is 2.94. The Morgan fingerprint density at radius 2 is 2.07 bits per heavy atom. The molecule has 0 unspecified atom stereocenters. The summed E-state index contributed by atoms with van der Waals surface area (Å²) in [6, 6.07) is 11.7. The molecular weight excluding hydrogens is 356 g/mol. The zero-order valence-electron chi connectivity index (χ0n) is 15.8. The van der Waals surface area contributed by atoms with E-state index in [9.17, 15) is 0 Å². The van der Waals surface area contributed by atoms with E-state index >= 15 is 0 Å². The summed E-state index contributed by atoms with van der Waals surface area (Å²) in [7, 11) is 0. The maximum atomic E-state index is 5.95. The normalized spacial score (nSPS) is 11.9. The number of nitrogens with zero attached hydrogens (tertiary/aromatic N) is 3. The number of guanidine groups is 1. The van der Waals surface area contributed by atoms with Crippen LogP contribution in [0.2, 0.25) is 0 Å². The van der Waals surface area contributed by atoms with Gasteiger partial charge in [0.15, 0.2) is 11.7 Å². The van der Waals surface area contributed by atoms with E-state index in [0.717, 1.165) is 28.8 Å². The number of hydrogen-bond acceptors (Lipinski definition) is 5. The van der Waals surface area contributed by atoms with E-state index in [0.29, 0.717) is 36.5 Å². The van der Waals surface area contributed by atoms with Crippen LogP contribution in [-0.4, -0.2) is 27.7 Å². The summed E-state index contributed by atoms with van der Waals surface area (Å²) < 4.78 is 11.3. The van der Waals surface area contributed by atoms with Crippen molar-refractivity contribution in [2.75, 3.05) is 6.54 Å². The van der Waals surface area contributed by atoms with E-state index in [1.54, 1.807) is 12.3 Å². The predicted octanol–water partition coefficient (Wildman–Crippen LogP) is 3.37. The van der Waals surface area contributed by atoms with Gasteiger partial charge in [0.1, 0.15) is 23.7 Å². The number of aromatic nitrogens is 3. The van der Waals surface area contributed by atoms with Crippen molar-refractivity contribution < 1.29 is 8.83 Å². The lowest BCUT2D eigenvalue weighted by atomic mass is 10.1. The molecule has 0 aliphatic heterocycles. The Morgan fingerprint density at radius 3 is 2.86 bits per heavy atom. The summed E-state index contributed by atoms with van der Waals surface area (Å²) in [4.78, 5) is 8.97. The van der Waals surface area contributed by atoms with Gasteiger partial charge >= 0.3 is 0 Å². The molecule has 0 radical (unpaired) electrons. The number of aryl methyl sites for hydroxylation is 1. The molecule has 28 heavy (non-hydrogen) atoms. The number of nitrogens with one attached hydrogen (secondary N) is 3. The molecule has 1 aromatic carbocycles. The highest BCUT2D eigenvalue weighted by Crippen LogP contribution is 2.24. The first kappa shape index (κ1) is 17.8. The number of aromatic amines is 1. The molecular formula is C20H22N6O2. The molecule has 8 nitrogen and oxygen atoms in total. The molecule has 0 saturated carbocycles. The van der Waals surface area contributed by atoms with Crippen molar-refractivity contribution in [3.05, 3.63) is 59.8 Å². The average Bonchev–Trinajstić information content (AvgIpc) is 3.45. The van der Waals surface area contributed by atoms with E-state index in [1.807, 2.05) is 31.2 Å². The zero-order valence-corrected chi connectivity index (χ0v) is 15.8. The fourth-order valence-corrected chi connectivity index (χ4v) is 2.94. The SMILES string of the molecule is CCNC(=NCc1nc(-c2ccco2)n[nH]1)NCc1oc2ccccc2c1C. The number of rotatable bonds is 6. The van der Waals surface area contributed by atoms with Crippen molar-refractivity contribution in [1.82, 2.24) is 25.8 Å². The van der Waals surface area contributed by atoms with Gasteiger partial charge in [0.25, 0.3) is 0 Å². The van der Waals surface area contributed by atoms with Gasteiger partial charge in [-0.15, -0.1) is 5.10 Å². The molecule has 0 saturated heterocycles. The summed E-state index contributed by atoms with van der Waals surface area (Å²) >= 11 is 0. The van der Waals surface area contributed by atoms with E-state index < -0.39 is 0 Å². The van der Waals surface area contributed by atoms with Crippen LogP contribution >= 0.6 is 0 Å². The molecule has 3 N–H and O–H groups in total. The van der Waals surface area contributed by atoms with Crippen LogP contribution in [0.5, 0.6) is 0 Å². The lowest BCUT2D eigenvalue weighted by Crippen LogP contribution is -2.36. The van der Waals surface area contributed by atoms with Gasteiger partial charge in [-0.3, -0.25) is 5.10 Å². The highest BCUT2D eigenvalue weighted by atomic mass is 16.3. The predicted molar refractivity (Wildman–Crippen MR) is 107 cm³/mol. The standard InChI is InChI=1S/C20H22N6O2/c1-3-21-20(22-11-17-13(2)14-7-4-5-8-15(14)28-17)23-12-18-24-19(26-25-18)16-9-6-10-27-16/h4-10H,3,11-12H2,1-2H3,(H2,21,22,23)(H,24,25,26). The summed E-state index contributed by atoms with van der Waals surface area (Å²) in [6.45, 7) is 5.74. The molecule has 4 aromatic rings. The van der Waals surface area contributed by atoms with Gasteiger partial charge in [-0.25, -0.2) is 9.98 Å². The Hall–Kier alpha value is -3.55. The van der Waals surface area contributed by atoms with Crippen molar-refractivity contribution in [1.29, 1.82) is 0 Å². The third-order valence-electron chi connectivity index (χ3n) is 4.36. The van der Waals surface area contributed by atoms with Crippen LogP contribution in [0, 0.1) is 6.92 Å². The molecule has 3 aromatic heterocycles. The van der Waals surface area contributed by atoms with Crippen molar-refractivity contribution in [2.24, 2.45) is 4.99 Å². The van der Waals surface area contributed by atoms with Gasteiger partial charge in [-0.05, 0) is 32.0 Å². The highest BCUT2D eigenvalue weighted by Gasteiger charge is 2.11. The number of hydrogen-bond donors (Lipinski definition) is 3. The second-order valence-corrected chi connectivity index (χ2v) is 6.28. The van der Waals surface area contributed by atoms with E-state index in [-0.39, 0.29) is 0 Å². The third-order valence-corrected chi connectivity index (χ3v) is 4.36. The van der Waals surface area contributed by atoms with Gasteiger partial charge in [-0.1, -0.05) is 18.2 Å². The highest BCUT2D eigenvalue weighted by molar-refractivity contribution is 5.83.